The average molecular weight is 499 g/mol. The van der Waals surface area contributed by atoms with Crippen molar-refractivity contribution in [2.24, 2.45) is 5.92 Å². The summed E-state index contributed by atoms with van der Waals surface area (Å²) in [5.74, 6) is -2.52. The van der Waals surface area contributed by atoms with Gasteiger partial charge < -0.3 is 14.6 Å². The Hall–Kier alpha value is -1.92. The molecule has 0 aromatic rings. The molecule has 204 valence electrons. The first-order valence-electron chi connectivity index (χ1n) is 14.0. The smallest absolute Gasteiger partial charge is 0.313 e. The zero-order valence-electron chi connectivity index (χ0n) is 22.3. The SMILES string of the molecule is CCCCCCCCCCOC(=O)C(CCCCCC)CCCC(=O)OC(=O)CCCCC(=O)O. The monoisotopic (exact) mass is 498 g/mol. The third kappa shape index (κ3) is 22.3. The summed E-state index contributed by atoms with van der Waals surface area (Å²) in [5.41, 5.74) is 0. The summed E-state index contributed by atoms with van der Waals surface area (Å²) in [4.78, 5) is 46.8. The lowest BCUT2D eigenvalue weighted by Gasteiger charge is -2.16. The standard InChI is InChI=1S/C28H50O7/c1-3-5-7-9-10-11-12-16-23-34-28(33)24(18-13-8-6-4-2)19-17-22-27(32)35-26(31)21-15-14-20-25(29)30/h24H,3-23H2,1-2H3,(H,29,30). The fraction of sp³-hybridized carbons (Fsp3) is 0.857. The normalized spacial score (nSPS) is 11.7. The van der Waals surface area contributed by atoms with Crippen LogP contribution in [0.3, 0.4) is 0 Å². The zero-order chi connectivity index (χ0) is 26.2. The van der Waals surface area contributed by atoms with Crippen LogP contribution in [0, 0.1) is 5.92 Å². The molecule has 1 atom stereocenters. The fourth-order valence-corrected chi connectivity index (χ4v) is 3.99. The lowest BCUT2D eigenvalue weighted by molar-refractivity contribution is -0.160. The molecule has 0 aliphatic rings. The maximum absolute atomic E-state index is 12.6. The number of hydrogen-bond donors (Lipinski definition) is 1. The number of carbonyl (C=O) groups is 4. The number of esters is 3. The summed E-state index contributed by atoms with van der Waals surface area (Å²) in [6.07, 6.45) is 16.5. The highest BCUT2D eigenvalue weighted by Gasteiger charge is 2.20. The molecule has 0 aromatic carbocycles. The number of aliphatic carboxylic acids is 1. The van der Waals surface area contributed by atoms with Gasteiger partial charge in [-0.25, -0.2) is 0 Å². The van der Waals surface area contributed by atoms with E-state index in [0.717, 1.165) is 44.9 Å². The molecule has 7 heteroatoms. The van der Waals surface area contributed by atoms with Gasteiger partial charge >= 0.3 is 23.9 Å². The topological polar surface area (TPSA) is 107 Å². The Balaban J connectivity index is 4.20. The predicted molar refractivity (Wildman–Crippen MR) is 137 cm³/mol. The molecule has 0 saturated heterocycles. The fourth-order valence-electron chi connectivity index (χ4n) is 3.99. The van der Waals surface area contributed by atoms with E-state index < -0.39 is 17.9 Å². The predicted octanol–water partition coefficient (Wildman–Crippen LogP) is 7.14. The van der Waals surface area contributed by atoms with Crippen molar-refractivity contribution in [1.29, 1.82) is 0 Å². The van der Waals surface area contributed by atoms with Crippen molar-refractivity contribution in [3.63, 3.8) is 0 Å². The molecule has 7 nitrogen and oxygen atoms in total. The van der Waals surface area contributed by atoms with Crippen LogP contribution in [0.2, 0.25) is 0 Å². The molecular formula is C28H50O7. The van der Waals surface area contributed by atoms with Gasteiger partial charge in [-0.3, -0.25) is 19.2 Å². The maximum Gasteiger partial charge on any atom is 0.313 e. The number of unbranched alkanes of at least 4 members (excludes halogenated alkanes) is 11. The average Bonchev–Trinajstić information content (AvgIpc) is 2.82. The molecule has 0 spiro atoms. The summed E-state index contributed by atoms with van der Waals surface area (Å²) in [6, 6.07) is 0. The Bertz CT molecular complexity index is 574. The largest absolute Gasteiger partial charge is 0.481 e. The highest BCUT2D eigenvalue weighted by atomic mass is 16.6. The van der Waals surface area contributed by atoms with Gasteiger partial charge in [-0.2, -0.15) is 0 Å². The maximum atomic E-state index is 12.6. The molecule has 35 heavy (non-hydrogen) atoms. The minimum absolute atomic E-state index is 0.00395. The Morgan fingerprint density at radius 1 is 0.600 bits per heavy atom. The molecule has 0 rings (SSSR count). The van der Waals surface area contributed by atoms with Crippen molar-refractivity contribution in [1.82, 2.24) is 0 Å². The minimum atomic E-state index is -0.907. The van der Waals surface area contributed by atoms with E-state index in [2.05, 4.69) is 13.8 Å². The van der Waals surface area contributed by atoms with Crippen molar-refractivity contribution < 1.29 is 33.8 Å². The van der Waals surface area contributed by atoms with Crippen LogP contribution < -0.4 is 0 Å². The van der Waals surface area contributed by atoms with Gasteiger partial charge in [0, 0.05) is 19.3 Å². The first kappa shape index (κ1) is 33.1. The van der Waals surface area contributed by atoms with Crippen molar-refractivity contribution in [2.45, 2.75) is 142 Å². The minimum Gasteiger partial charge on any atom is -0.481 e. The second-order valence-corrected chi connectivity index (χ2v) is 9.53. The lowest BCUT2D eigenvalue weighted by atomic mass is 9.95. The number of carboxylic acid groups (broad SMARTS) is 1. The summed E-state index contributed by atoms with van der Waals surface area (Å²) >= 11 is 0. The zero-order valence-corrected chi connectivity index (χ0v) is 22.3. The lowest BCUT2D eigenvalue weighted by Crippen LogP contribution is -2.19. The van der Waals surface area contributed by atoms with Crippen LogP contribution in [-0.2, 0) is 28.7 Å². The first-order chi connectivity index (χ1) is 16.9. The Morgan fingerprint density at radius 3 is 1.69 bits per heavy atom. The van der Waals surface area contributed by atoms with Crippen LogP contribution in [0.5, 0.6) is 0 Å². The molecule has 0 heterocycles. The number of carbonyl (C=O) groups excluding carboxylic acids is 3. The molecule has 0 aliphatic carbocycles. The van der Waals surface area contributed by atoms with Crippen LogP contribution in [-0.4, -0.2) is 35.6 Å². The van der Waals surface area contributed by atoms with Gasteiger partial charge in [-0.15, -0.1) is 0 Å². The molecule has 0 saturated carbocycles. The van der Waals surface area contributed by atoms with E-state index >= 15 is 0 Å². The van der Waals surface area contributed by atoms with E-state index in [1.54, 1.807) is 0 Å². The molecule has 1 unspecified atom stereocenters. The Kier molecular flexibility index (Phi) is 22.5. The Labute approximate surface area is 212 Å². The van der Waals surface area contributed by atoms with E-state index in [-0.39, 0.29) is 31.1 Å². The van der Waals surface area contributed by atoms with Crippen LogP contribution in [0.15, 0.2) is 0 Å². The summed E-state index contributed by atoms with van der Waals surface area (Å²) in [7, 11) is 0. The van der Waals surface area contributed by atoms with Gasteiger partial charge in [0.15, 0.2) is 0 Å². The highest BCUT2D eigenvalue weighted by molar-refractivity contribution is 5.85. The quantitative estimate of drug-likeness (QED) is 0.0855. The molecular weight excluding hydrogens is 448 g/mol. The molecule has 0 bridgehead atoms. The summed E-state index contributed by atoms with van der Waals surface area (Å²) in [5, 5.41) is 8.60. The van der Waals surface area contributed by atoms with Crippen LogP contribution in [0.25, 0.3) is 0 Å². The van der Waals surface area contributed by atoms with Crippen molar-refractivity contribution in [3.8, 4) is 0 Å². The molecule has 0 amide bonds. The molecule has 0 aromatic heterocycles. The second kappa shape index (κ2) is 23.8. The van der Waals surface area contributed by atoms with Gasteiger partial charge in [0.25, 0.3) is 0 Å². The van der Waals surface area contributed by atoms with Crippen LogP contribution >= 0.6 is 0 Å². The Morgan fingerprint density at radius 2 is 1.09 bits per heavy atom. The van der Waals surface area contributed by atoms with E-state index in [9.17, 15) is 19.2 Å². The first-order valence-corrected chi connectivity index (χ1v) is 14.0. The van der Waals surface area contributed by atoms with Gasteiger partial charge in [0.1, 0.15) is 0 Å². The molecule has 1 N–H and O–H groups in total. The summed E-state index contributed by atoms with van der Waals surface area (Å²) < 4.78 is 10.4. The molecule has 0 fully saturated rings. The van der Waals surface area contributed by atoms with Crippen LogP contribution in [0.4, 0.5) is 0 Å². The van der Waals surface area contributed by atoms with Gasteiger partial charge in [-0.1, -0.05) is 84.5 Å². The van der Waals surface area contributed by atoms with Crippen molar-refractivity contribution >= 4 is 23.9 Å². The van der Waals surface area contributed by atoms with Crippen LogP contribution in [0.1, 0.15) is 142 Å². The third-order valence-electron chi connectivity index (χ3n) is 6.16. The molecule has 0 radical (unpaired) electrons. The highest BCUT2D eigenvalue weighted by Crippen LogP contribution is 2.20. The van der Waals surface area contributed by atoms with Gasteiger partial charge in [0.2, 0.25) is 0 Å². The van der Waals surface area contributed by atoms with E-state index in [1.165, 1.54) is 38.5 Å². The molecule has 0 aliphatic heterocycles. The van der Waals surface area contributed by atoms with Gasteiger partial charge in [-0.05, 0) is 38.5 Å². The third-order valence-corrected chi connectivity index (χ3v) is 6.16. The van der Waals surface area contributed by atoms with E-state index in [4.69, 9.17) is 14.6 Å². The summed E-state index contributed by atoms with van der Waals surface area (Å²) in [6.45, 7) is 4.82. The number of carboxylic acids is 1. The second-order valence-electron chi connectivity index (χ2n) is 9.53. The number of hydrogen-bond acceptors (Lipinski definition) is 6. The van der Waals surface area contributed by atoms with E-state index in [1.807, 2.05) is 0 Å². The number of rotatable bonds is 24. The van der Waals surface area contributed by atoms with Crippen molar-refractivity contribution in [2.75, 3.05) is 6.61 Å². The van der Waals surface area contributed by atoms with Crippen molar-refractivity contribution in [3.05, 3.63) is 0 Å². The van der Waals surface area contributed by atoms with Gasteiger partial charge in [0.05, 0.1) is 12.5 Å². The van der Waals surface area contributed by atoms with E-state index in [0.29, 0.717) is 32.3 Å². The number of ether oxygens (including phenoxy) is 2.